The van der Waals surface area contributed by atoms with E-state index in [1.54, 1.807) is 6.33 Å². The van der Waals surface area contributed by atoms with E-state index in [1.807, 2.05) is 0 Å². The van der Waals surface area contributed by atoms with Crippen molar-refractivity contribution in [2.75, 3.05) is 29.9 Å². The fourth-order valence-corrected chi connectivity index (χ4v) is 3.42. The normalized spacial score (nSPS) is 17.2. The first kappa shape index (κ1) is 16.1. The molecule has 1 aliphatic rings. The molecule has 21 heavy (non-hydrogen) atoms. The maximum Gasteiger partial charge on any atom is 0.137 e. The summed E-state index contributed by atoms with van der Waals surface area (Å²) in [7, 11) is 0. The standard InChI is InChI=1S/C17H30N4/c1-5-9-14-15(18-8-4)19-13-20-16(14)21-11-10-17(6-2,7-3)12-21/h13H,5-12H2,1-4H3,(H,18,19,20). The number of nitrogens with zero attached hydrogens (tertiary/aromatic N) is 3. The summed E-state index contributed by atoms with van der Waals surface area (Å²) in [5.74, 6) is 2.18. The maximum atomic E-state index is 4.63. The van der Waals surface area contributed by atoms with E-state index >= 15 is 0 Å². The van der Waals surface area contributed by atoms with Crippen molar-refractivity contribution in [3.63, 3.8) is 0 Å². The molecule has 0 atom stereocenters. The van der Waals surface area contributed by atoms with Gasteiger partial charge in [0.15, 0.2) is 0 Å². The lowest BCUT2D eigenvalue weighted by atomic mass is 9.82. The Labute approximate surface area is 129 Å². The van der Waals surface area contributed by atoms with Crippen molar-refractivity contribution >= 4 is 11.6 Å². The molecule has 0 unspecified atom stereocenters. The predicted octanol–water partition coefficient (Wildman–Crippen LogP) is 3.88. The lowest BCUT2D eigenvalue weighted by Gasteiger charge is -2.28. The smallest absolute Gasteiger partial charge is 0.137 e. The van der Waals surface area contributed by atoms with E-state index in [4.69, 9.17) is 0 Å². The highest BCUT2D eigenvalue weighted by molar-refractivity contribution is 5.59. The minimum Gasteiger partial charge on any atom is -0.370 e. The SMILES string of the molecule is CCCc1c(NCC)ncnc1N1CCC(CC)(CC)C1. The molecular formula is C17H30N4. The van der Waals surface area contributed by atoms with Crippen LogP contribution < -0.4 is 10.2 Å². The number of rotatable bonds is 7. The summed E-state index contributed by atoms with van der Waals surface area (Å²) in [5, 5.41) is 3.40. The summed E-state index contributed by atoms with van der Waals surface area (Å²) in [5.41, 5.74) is 1.78. The van der Waals surface area contributed by atoms with Crippen LogP contribution in [0.5, 0.6) is 0 Å². The average Bonchev–Trinajstić information content (AvgIpc) is 2.94. The second-order valence-corrected chi connectivity index (χ2v) is 6.18. The molecule has 2 rings (SSSR count). The molecule has 0 saturated carbocycles. The van der Waals surface area contributed by atoms with Gasteiger partial charge in [-0.2, -0.15) is 0 Å². The van der Waals surface area contributed by atoms with Gasteiger partial charge in [0, 0.05) is 25.2 Å². The molecule has 1 N–H and O–H groups in total. The van der Waals surface area contributed by atoms with Crippen LogP contribution in [0.2, 0.25) is 0 Å². The highest BCUT2D eigenvalue weighted by Gasteiger charge is 2.36. The first-order chi connectivity index (χ1) is 10.2. The lowest BCUT2D eigenvalue weighted by molar-refractivity contribution is 0.301. The molecule has 2 heterocycles. The zero-order valence-corrected chi connectivity index (χ0v) is 14.1. The minimum absolute atomic E-state index is 0.479. The Morgan fingerprint density at radius 2 is 1.95 bits per heavy atom. The molecule has 4 nitrogen and oxygen atoms in total. The third-order valence-corrected chi connectivity index (χ3v) is 5.00. The van der Waals surface area contributed by atoms with Crippen LogP contribution in [0.25, 0.3) is 0 Å². The van der Waals surface area contributed by atoms with Crippen molar-refractivity contribution in [2.45, 2.75) is 59.8 Å². The molecule has 1 aromatic rings. The average molecular weight is 290 g/mol. The Morgan fingerprint density at radius 1 is 1.19 bits per heavy atom. The molecular weight excluding hydrogens is 260 g/mol. The van der Waals surface area contributed by atoms with Gasteiger partial charge in [0.25, 0.3) is 0 Å². The second kappa shape index (κ2) is 7.10. The van der Waals surface area contributed by atoms with E-state index in [0.29, 0.717) is 5.41 Å². The number of anilines is 2. The largest absolute Gasteiger partial charge is 0.370 e. The highest BCUT2D eigenvalue weighted by Crippen LogP contribution is 2.40. The maximum absolute atomic E-state index is 4.63. The van der Waals surface area contributed by atoms with Crippen LogP contribution >= 0.6 is 0 Å². The van der Waals surface area contributed by atoms with Gasteiger partial charge in [0.05, 0.1) is 0 Å². The van der Waals surface area contributed by atoms with Crippen LogP contribution in [0.4, 0.5) is 11.6 Å². The van der Waals surface area contributed by atoms with Gasteiger partial charge in [-0.3, -0.25) is 0 Å². The van der Waals surface area contributed by atoms with E-state index < -0.39 is 0 Å². The lowest BCUT2D eigenvalue weighted by Crippen LogP contribution is -2.28. The molecule has 0 aliphatic carbocycles. The van der Waals surface area contributed by atoms with Crippen LogP contribution in [-0.4, -0.2) is 29.6 Å². The van der Waals surface area contributed by atoms with Crippen molar-refractivity contribution in [3.8, 4) is 0 Å². The first-order valence-corrected chi connectivity index (χ1v) is 8.52. The Balaban J connectivity index is 2.29. The fourth-order valence-electron chi connectivity index (χ4n) is 3.42. The minimum atomic E-state index is 0.479. The molecule has 0 amide bonds. The molecule has 0 bridgehead atoms. The first-order valence-electron chi connectivity index (χ1n) is 8.52. The summed E-state index contributed by atoms with van der Waals surface area (Å²) >= 11 is 0. The van der Waals surface area contributed by atoms with Gasteiger partial charge in [-0.15, -0.1) is 0 Å². The summed E-state index contributed by atoms with van der Waals surface area (Å²) in [6.45, 7) is 12.2. The number of hydrogen-bond acceptors (Lipinski definition) is 4. The second-order valence-electron chi connectivity index (χ2n) is 6.18. The summed E-state index contributed by atoms with van der Waals surface area (Å²) in [4.78, 5) is 11.6. The predicted molar refractivity (Wildman–Crippen MR) is 90.0 cm³/mol. The molecule has 0 aromatic carbocycles. The van der Waals surface area contributed by atoms with Gasteiger partial charge in [-0.1, -0.05) is 27.2 Å². The van der Waals surface area contributed by atoms with Crippen LogP contribution in [0.1, 0.15) is 58.9 Å². The highest BCUT2D eigenvalue weighted by atomic mass is 15.2. The third-order valence-electron chi connectivity index (χ3n) is 5.00. The Morgan fingerprint density at radius 3 is 2.52 bits per heavy atom. The summed E-state index contributed by atoms with van der Waals surface area (Å²) in [6, 6.07) is 0. The third kappa shape index (κ3) is 3.30. The number of aromatic nitrogens is 2. The van der Waals surface area contributed by atoms with Gasteiger partial charge in [-0.25, -0.2) is 9.97 Å². The van der Waals surface area contributed by atoms with Gasteiger partial charge in [0.1, 0.15) is 18.0 Å². The van der Waals surface area contributed by atoms with Crippen LogP contribution in [0.15, 0.2) is 6.33 Å². The van der Waals surface area contributed by atoms with E-state index in [-0.39, 0.29) is 0 Å². The molecule has 1 saturated heterocycles. The van der Waals surface area contributed by atoms with Gasteiger partial charge < -0.3 is 10.2 Å². The van der Waals surface area contributed by atoms with E-state index in [0.717, 1.165) is 44.1 Å². The van der Waals surface area contributed by atoms with Gasteiger partial charge in [-0.05, 0) is 38.0 Å². The zero-order chi connectivity index (χ0) is 15.3. The van der Waals surface area contributed by atoms with Crippen LogP contribution in [0, 0.1) is 5.41 Å². The van der Waals surface area contributed by atoms with Gasteiger partial charge in [0.2, 0.25) is 0 Å². The monoisotopic (exact) mass is 290 g/mol. The summed E-state index contributed by atoms with van der Waals surface area (Å²) in [6.07, 6.45) is 7.68. The number of nitrogens with one attached hydrogen (secondary N) is 1. The quantitative estimate of drug-likeness (QED) is 0.827. The Kier molecular flexibility index (Phi) is 5.43. The van der Waals surface area contributed by atoms with Crippen LogP contribution in [-0.2, 0) is 6.42 Å². The zero-order valence-electron chi connectivity index (χ0n) is 14.1. The molecule has 118 valence electrons. The topological polar surface area (TPSA) is 41.1 Å². The molecule has 4 heteroatoms. The van der Waals surface area contributed by atoms with E-state index in [9.17, 15) is 0 Å². The Hall–Kier alpha value is -1.32. The molecule has 1 aliphatic heterocycles. The van der Waals surface area contributed by atoms with E-state index in [1.165, 1.54) is 24.8 Å². The van der Waals surface area contributed by atoms with Crippen molar-refractivity contribution in [2.24, 2.45) is 5.41 Å². The van der Waals surface area contributed by atoms with Crippen molar-refractivity contribution in [3.05, 3.63) is 11.9 Å². The van der Waals surface area contributed by atoms with Crippen molar-refractivity contribution in [1.82, 2.24) is 9.97 Å². The van der Waals surface area contributed by atoms with Crippen molar-refractivity contribution in [1.29, 1.82) is 0 Å². The molecule has 0 radical (unpaired) electrons. The molecule has 0 spiro atoms. The molecule has 1 aromatic heterocycles. The summed E-state index contributed by atoms with van der Waals surface area (Å²) < 4.78 is 0. The van der Waals surface area contributed by atoms with Crippen molar-refractivity contribution < 1.29 is 0 Å². The fraction of sp³-hybridized carbons (Fsp3) is 0.765. The Bertz CT molecular complexity index is 454. The van der Waals surface area contributed by atoms with Gasteiger partial charge >= 0.3 is 0 Å². The number of hydrogen-bond donors (Lipinski definition) is 1. The van der Waals surface area contributed by atoms with E-state index in [2.05, 4.69) is 47.9 Å². The van der Waals surface area contributed by atoms with Crippen LogP contribution in [0.3, 0.4) is 0 Å². The molecule has 1 fully saturated rings.